The smallest absolute Gasteiger partial charge is 0.267 e. The molecule has 0 atom stereocenters. The van der Waals surface area contributed by atoms with Crippen molar-refractivity contribution in [3.63, 3.8) is 0 Å². The molecule has 0 fully saturated rings. The lowest BCUT2D eigenvalue weighted by atomic mass is 10.2. The zero-order valence-electron chi connectivity index (χ0n) is 6.99. The predicted molar refractivity (Wildman–Crippen MR) is 43.7 cm³/mol. The average Bonchev–Trinajstić information content (AvgIpc) is 2.28. The summed E-state index contributed by atoms with van der Waals surface area (Å²) in [5.41, 5.74) is 2.66. The van der Waals surface area contributed by atoms with Gasteiger partial charge in [0.05, 0.1) is 0 Å². The maximum Gasteiger partial charge on any atom is 0.267 e. The summed E-state index contributed by atoms with van der Waals surface area (Å²) in [7, 11) is 1.62. The maximum atomic E-state index is 11.1. The Morgan fingerprint density at radius 2 is 2.18 bits per heavy atom. The minimum absolute atomic E-state index is 0.0596. The van der Waals surface area contributed by atoms with E-state index in [1.54, 1.807) is 7.05 Å². The topological polar surface area (TPSA) is 44.9 Å². The van der Waals surface area contributed by atoms with E-state index in [9.17, 15) is 4.79 Å². The Balaban J connectivity index is 3.03. The van der Waals surface area contributed by atoms with E-state index in [0.29, 0.717) is 5.69 Å². The normalized spacial score (nSPS) is 9.73. The van der Waals surface area contributed by atoms with Gasteiger partial charge in [-0.25, -0.2) is 0 Å². The highest BCUT2D eigenvalue weighted by Gasteiger charge is 2.08. The number of carbonyl (C=O) groups is 1. The number of aromatic nitrogens is 1. The van der Waals surface area contributed by atoms with Crippen molar-refractivity contribution in [1.82, 2.24) is 10.3 Å². The van der Waals surface area contributed by atoms with Gasteiger partial charge in [0.25, 0.3) is 5.91 Å². The van der Waals surface area contributed by atoms with Gasteiger partial charge in [-0.1, -0.05) is 0 Å². The number of aromatic amines is 1. The Kier molecular flexibility index (Phi) is 1.98. The van der Waals surface area contributed by atoms with Gasteiger partial charge in [-0.3, -0.25) is 4.79 Å². The van der Waals surface area contributed by atoms with Crippen molar-refractivity contribution in [1.29, 1.82) is 0 Å². The van der Waals surface area contributed by atoms with Crippen molar-refractivity contribution in [2.45, 2.75) is 13.8 Å². The Hall–Kier alpha value is -1.25. The molecule has 1 aromatic rings. The molecular formula is C8H12N2O. The zero-order chi connectivity index (χ0) is 8.43. The van der Waals surface area contributed by atoms with Crippen LogP contribution >= 0.6 is 0 Å². The Morgan fingerprint density at radius 3 is 2.55 bits per heavy atom. The van der Waals surface area contributed by atoms with Crippen LogP contribution in [0.2, 0.25) is 0 Å². The Morgan fingerprint density at radius 1 is 1.55 bits per heavy atom. The fourth-order valence-electron chi connectivity index (χ4n) is 1.09. The zero-order valence-corrected chi connectivity index (χ0v) is 6.99. The number of hydrogen-bond donors (Lipinski definition) is 2. The molecule has 3 nitrogen and oxygen atoms in total. The van der Waals surface area contributed by atoms with Crippen LogP contribution in [0.25, 0.3) is 0 Å². The van der Waals surface area contributed by atoms with E-state index < -0.39 is 0 Å². The molecule has 0 unspecified atom stereocenters. The molecule has 1 aromatic heterocycles. The molecular weight excluding hydrogens is 140 g/mol. The van der Waals surface area contributed by atoms with E-state index >= 15 is 0 Å². The van der Waals surface area contributed by atoms with Crippen LogP contribution in [0.3, 0.4) is 0 Å². The fraction of sp³-hybridized carbons (Fsp3) is 0.375. The quantitative estimate of drug-likeness (QED) is 0.619. The molecule has 1 heterocycles. The van der Waals surface area contributed by atoms with Crippen LogP contribution in [-0.4, -0.2) is 17.9 Å². The van der Waals surface area contributed by atoms with Crippen molar-refractivity contribution >= 4 is 5.91 Å². The first kappa shape index (κ1) is 7.85. The second-order valence-corrected chi connectivity index (χ2v) is 2.59. The summed E-state index contributed by atoms with van der Waals surface area (Å²) in [6.07, 6.45) is 0. The molecule has 0 aliphatic rings. The standard InChI is InChI=1S/C8H12N2O/c1-5-4-6(2)10-7(5)8(11)9-3/h4,10H,1-3H3,(H,9,11). The van der Waals surface area contributed by atoms with E-state index in [0.717, 1.165) is 11.3 Å². The minimum atomic E-state index is -0.0596. The summed E-state index contributed by atoms with van der Waals surface area (Å²) in [4.78, 5) is 14.1. The largest absolute Gasteiger partial charge is 0.354 e. The number of amides is 1. The summed E-state index contributed by atoms with van der Waals surface area (Å²) in [6.45, 7) is 3.84. The molecule has 0 saturated carbocycles. The van der Waals surface area contributed by atoms with E-state index in [1.165, 1.54) is 0 Å². The number of rotatable bonds is 1. The summed E-state index contributed by atoms with van der Waals surface area (Å²) < 4.78 is 0. The van der Waals surface area contributed by atoms with Crippen LogP contribution in [0.5, 0.6) is 0 Å². The van der Waals surface area contributed by atoms with Crippen molar-refractivity contribution in [2.75, 3.05) is 7.05 Å². The van der Waals surface area contributed by atoms with E-state index in [1.807, 2.05) is 19.9 Å². The summed E-state index contributed by atoms with van der Waals surface area (Å²) in [5, 5.41) is 2.57. The van der Waals surface area contributed by atoms with E-state index in [4.69, 9.17) is 0 Å². The van der Waals surface area contributed by atoms with Gasteiger partial charge in [0, 0.05) is 12.7 Å². The van der Waals surface area contributed by atoms with Crippen molar-refractivity contribution in [2.24, 2.45) is 0 Å². The van der Waals surface area contributed by atoms with Gasteiger partial charge in [0.1, 0.15) is 5.69 Å². The summed E-state index contributed by atoms with van der Waals surface area (Å²) in [6, 6.07) is 1.95. The number of nitrogens with one attached hydrogen (secondary N) is 2. The van der Waals surface area contributed by atoms with Gasteiger partial charge in [-0.15, -0.1) is 0 Å². The SMILES string of the molecule is CNC(=O)c1[nH]c(C)cc1C. The second-order valence-electron chi connectivity index (χ2n) is 2.59. The average molecular weight is 152 g/mol. The second kappa shape index (κ2) is 2.78. The highest BCUT2D eigenvalue weighted by molar-refractivity contribution is 5.93. The number of carbonyl (C=O) groups excluding carboxylic acids is 1. The molecule has 11 heavy (non-hydrogen) atoms. The number of H-pyrrole nitrogens is 1. The molecule has 60 valence electrons. The van der Waals surface area contributed by atoms with Crippen LogP contribution in [0, 0.1) is 13.8 Å². The third kappa shape index (κ3) is 1.42. The first-order chi connectivity index (χ1) is 5.15. The molecule has 3 heteroatoms. The first-order valence-electron chi connectivity index (χ1n) is 3.53. The number of hydrogen-bond acceptors (Lipinski definition) is 1. The van der Waals surface area contributed by atoms with Crippen LogP contribution in [0.1, 0.15) is 21.7 Å². The van der Waals surface area contributed by atoms with Gasteiger partial charge in [0.2, 0.25) is 0 Å². The molecule has 1 amide bonds. The molecule has 0 saturated heterocycles. The van der Waals surface area contributed by atoms with E-state index in [-0.39, 0.29) is 5.91 Å². The molecule has 0 radical (unpaired) electrons. The van der Waals surface area contributed by atoms with Gasteiger partial charge >= 0.3 is 0 Å². The maximum absolute atomic E-state index is 11.1. The molecule has 0 spiro atoms. The molecule has 0 aromatic carbocycles. The van der Waals surface area contributed by atoms with Crippen LogP contribution < -0.4 is 5.32 Å². The molecule has 1 rings (SSSR count). The Bertz CT molecular complexity index is 276. The molecule has 0 aliphatic heterocycles. The van der Waals surface area contributed by atoms with Gasteiger partial charge in [0.15, 0.2) is 0 Å². The van der Waals surface area contributed by atoms with Gasteiger partial charge in [-0.05, 0) is 25.5 Å². The third-order valence-electron chi connectivity index (χ3n) is 1.60. The molecule has 2 N–H and O–H groups in total. The van der Waals surface area contributed by atoms with Gasteiger partial charge in [-0.2, -0.15) is 0 Å². The number of aryl methyl sites for hydroxylation is 2. The van der Waals surface area contributed by atoms with Crippen molar-refractivity contribution in [3.05, 3.63) is 23.0 Å². The van der Waals surface area contributed by atoms with Gasteiger partial charge < -0.3 is 10.3 Å². The lowest BCUT2D eigenvalue weighted by Crippen LogP contribution is -2.19. The Labute approximate surface area is 65.8 Å². The molecule has 0 bridgehead atoms. The lowest BCUT2D eigenvalue weighted by Gasteiger charge is -1.96. The monoisotopic (exact) mass is 152 g/mol. The van der Waals surface area contributed by atoms with E-state index in [2.05, 4.69) is 10.3 Å². The highest BCUT2D eigenvalue weighted by Crippen LogP contribution is 2.07. The minimum Gasteiger partial charge on any atom is -0.354 e. The lowest BCUT2D eigenvalue weighted by molar-refractivity contribution is 0.0958. The highest BCUT2D eigenvalue weighted by atomic mass is 16.1. The van der Waals surface area contributed by atoms with Crippen LogP contribution in [0.4, 0.5) is 0 Å². The first-order valence-corrected chi connectivity index (χ1v) is 3.53. The van der Waals surface area contributed by atoms with Crippen molar-refractivity contribution < 1.29 is 4.79 Å². The summed E-state index contributed by atoms with van der Waals surface area (Å²) >= 11 is 0. The predicted octanol–water partition coefficient (Wildman–Crippen LogP) is 0.991. The fourth-order valence-corrected chi connectivity index (χ4v) is 1.09. The van der Waals surface area contributed by atoms with Crippen LogP contribution in [0.15, 0.2) is 6.07 Å². The summed E-state index contributed by atoms with van der Waals surface area (Å²) in [5.74, 6) is -0.0596. The van der Waals surface area contributed by atoms with Crippen molar-refractivity contribution in [3.8, 4) is 0 Å². The van der Waals surface area contributed by atoms with Crippen LogP contribution in [-0.2, 0) is 0 Å². The molecule has 0 aliphatic carbocycles. The third-order valence-corrected chi connectivity index (χ3v) is 1.60.